The number of H-pyrrole nitrogens is 1. The molecule has 0 spiro atoms. The number of amides is 1. The monoisotopic (exact) mass is 503 g/mol. The van der Waals surface area contributed by atoms with Crippen molar-refractivity contribution in [2.24, 2.45) is 16.6 Å². The average molecular weight is 504 g/mol. The van der Waals surface area contributed by atoms with E-state index in [4.69, 9.17) is 27.5 Å². The largest absolute Gasteiger partial charge is 0.486 e. The molecule has 2 heterocycles. The number of nitrogens with one attached hydrogen (secondary N) is 2. The summed E-state index contributed by atoms with van der Waals surface area (Å²) in [6, 6.07) is 15.5. The molecule has 1 aliphatic carbocycles. The van der Waals surface area contributed by atoms with Crippen molar-refractivity contribution < 1.29 is 9.53 Å². The van der Waals surface area contributed by atoms with E-state index in [0.717, 1.165) is 18.4 Å². The van der Waals surface area contributed by atoms with E-state index in [1.165, 1.54) is 10.6 Å². The lowest BCUT2D eigenvalue weighted by molar-refractivity contribution is 0.0998. The molecule has 0 radical (unpaired) electrons. The van der Waals surface area contributed by atoms with Gasteiger partial charge in [0.25, 0.3) is 17.2 Å². The van der Waals surface area contributed by atoms with E-state index in [1.807, 2.05) is 30.3 Å². The second kappa shape index (κ2) is 9.74. The fraction of sp³-hybridized carbons (Fsp3) is 0.200. The normalized spacial score (nSPS) is 13.6. The summed E-state index contributed by atoms with van der Waals surface area (Å²) in [4.78, 5) is 38.2. The highest BCUT2D eigenvalue weighted by Crippen LogP contribution is 2.31. The minimum absolute atomic E-state index is 0.0454. The van der Waals surface area contributed by atoms with Crippen LogP contribution in [0.4, 0.5) is 0 Å². The number of amidine groups is 1. The summed E-state index contributed by atoms with van der Waals surface area (Å²) >= 11 is 6.28. The van der Waals surface area contributed by atoms with Crippen LogP contribution in [0.15, 0.2) is 64.4 Å². The van der Waals surface area contributed by atoms with Crippen molar-refractivity contribution in [1.82, 2.24) is 19.6 Å². The number of carbonyl (C=O) groups excluding carboxylic acids is 1. The summed E-state index contributed by atoms with van der Waals surface area (Å²) in [5.74, 6) is 0.496. The third-order valence-corrected chi connectivity index (χ3v) is 6.00. The first-order valence-corrected chi connectivity index (χ1v) is 11.7. The van der Waals surface area contributed by atoms with Gasteiger partial charge < -0.3 is 15.9 Å². The van der Waals surface area contributed by atoms with Crippen molar-refractivity contribution >= 4 is 34.8 Å². The van der Waals surface area contributed by atoms with Gasteiger partial charge in [0, 0.05) is 23.8 Å². The van der Waals surface area contributed by atoms with Gasteiger partial charge in [0.05, 0.1) is 10.7 Å². The van der Waals surface area contributed by atoms with E-state index in [1.54, 1.807) is 18.2 Å². The molecule has 5 rings (SSSR count). The molecule has 1 amide bonds. The van der Waals surface area contributed by atoms with Gasteiger partial charge in [0.1, 0.15) is 23.8 Å². The second-order valence-electron chi connectivity index (χ2n) is 8.45. The maximum absolute atomic E-state index is 12.9. The van der Waals surface area contributed by atoms with E-state index in [0.29, 0.717) is 17.2 Å². The number of aromatic amines is 1. The standard InChI is InChI=1S/C25H22ClN7O3/c26-17-7-4-8-19(22(17)24(35)30-20(28)12-18(27)14-9-10-14)36-13-16-11-21(34)33-25(29-16)31-23(32-33)15-5-2-1-3-6-15/h1-8,11,14,27H,9-10,12-13H2,(H2,28,30,35)(H,29,31,32). The molecule has 182 valence electrons. The van der Waals surface area contributed by atoms with Crippen molar-refractivity contribution in [3.63, 3.8) is 0 Å². The Bertz CT molecular complexity index is 1560. The highest BCUT2D eigenvalue weighted by molar-refractivity contribution is 6.34. The average Bonchev–Trinajstić information content (AvgIpc) is 3.62. The van der Waals surface area contributed by atoms with E-state index >= 15 is 0 Å². The lowest BCUT2D eigenvalue weighted by atomic mass is 10.1. The maximum Gasteiger partial charge on any atom is 0.283 e. The molecule has 0 unspecified atom stereocenters. The molecule has 0 bridgehead atoms. The lowest BCUT2D eigenvalue weighted by Crippen LogP contribution is -2.20. The van der Waals surface area contributed by atoms with Gasteiger partial charge in [-0.25, -0.2) is 4.98 Å². The Kier molecular flexibility index (Phi) is 6.34. The quantitative estimate of drug-likeness (QED) is 0.246. The van der Waals surface area contributed by atoms with E-state index < -0.39 is 5.91 Å². The second-order valence-corrected chi connectivity index (χ2v) is 8.85. The number of rotatable bonds is 8. The molecule has 1 saturated carbocycles. The van der Waals surface area contributed by atoms with Crippen molar-refractivity contribution in [2.75, 3.05) is 0 Å². The van der Waals surface area contributed by atoms with Crippen LogP contribution in [0.25, 0.3) is 17.2 Å². The van der Waals surface area contributed by atoms with Crippen LogP contribution in [0.2, 0.25) is 5.02 Å². The summed E-state index contributed by atoms with van der Waals surface area (Å²) < 4.78 is 7.07. The van der Waals surface area contributed by atoms with Crippen LogP contribution >= 0.6 is 11.6 Å². The molecule has 2 aromatic carbocycles. The van der Waals surface area contributed by atoms with Crippen molar-refractivity contribution in [3.05, 3.63) is 81.2 Å². The van der Waals surface area contributed by atoms with E-state index in [-0.39, 0.29) is 52.5 Å². The Labute approximate surface area is 210 Å². The van der Waals surface area contributed by atoms with Gasteiger partial charge in [-0.2, -0.15) is 14.5 Å². The minimum atomic E-state index is -0.667. The smallest absolute Gasteiger partial charge is 0.283 e. The number of fused-ring (bicyclic) bond motifs is 1. The van der Waals surface area contributed by atoms with Crippen molar-refractivity contribution in [1.29, 1.82) is 5.41 Å². The summed E-state index contributed by atoms with van der Waals surface area (Å²) in [5.41, 5.74) is 7.21. The molecule has 11 heteroatoms. The molecule has 10 nitrogen and oxygen atoms in total. The van der Waals surface area contributed by atoms with Gasteiger partial charge in [-0.05, 0) is 30.9 Å². The SMILES string of the molecule is N=C(CC(N)=NC(=O)c1c(Cl)cccc1OCc1cc(=O)n2[nH]c(-c3ccccc3)nc2n1)C1CC1. The number of carbonyl (C=O) groups is 1. The van der Waals surface area contributed by atoms with E-state index in [9.17, 15) is 9.59 Å². The number of halogens is 1. The maximum atomic E-state index is 12.9. The number of aromatic nitrogens is 4. The molecule has 36 heavy (non-hydrogen) atoms. The Hall–Kier alpha value is -4.31. The first kappa shape index (κ1) is 23.4. The van der Waals surface area contributed by atoms with Crippen LogP contribution in [0.5, 0.6) is 5.75 Å². The molecular weight excluding hydrogens is 482 g/mol. The van der Waals surface area contributed by atoms with Crippen LogP contribution < -0.4 is 16.0 Å². The van der Waals surface area contributed by atoms with Crippen LogP contribution in [-0.2, 0) is 6.61 Å². The number of hydrogen-bond acceptors (Lipinski definition) is 6. The van der Waals surface area contributed by atoms with Gasteiger partial charge in [0.2, 0.25) is 0 Å². The van der Waals surface area contributed by atoms with Gasteiger partial charge in [0.15, 0.2) is 5.82 Å². The summed E-state index contributed by atoms with van der Waals surface area (Å²) in [6.07, 6.45) is 2.08. The van der Waals surface area contributed by atoms with Crippen LogP contribution in [0, 0.1) is 11.3 Å². The molecule has 4 aromatic rings. The van der Waals surface area contributed by atoms with Gasteiger partial charge in [-0.1, -0.05) is 48.0 Å². The Morgan fingerprint density at radius 3 is 2.72 bits per heavy atom. The Balaban J connectivity index is 1.36. The molecule has 2 aromatic heterocycles. The van der Waals surface area contributed by atoms with E-state index in [2.05, 4.69) is 20.1 Å². The van der Waals surface area contributed by atoms with Gasteiger partial charge in [-0.15, -0.1) is 0 Å². The molecule has 0 saturated heterocycles. The summed E-state index contributed by atoms with van der Waals surface area (Å²) in [5, 5.41) is 11.1. The zero-order valence-corrected chi connectivity index (χ0v) is 19.8. The third-order valence-electron chi connectivity index (χ3n) is 5.68. The van der Waals surface area contributed by atoms with Crippen molar-refractivity contribution in [3.8, 4) is 17.1 Å². The highest BCUT2D eigenvalue weighted by Gasteiger charge is 2.27. The minimum Gasteiger partial charge on any atom is -0.486 e. The number of benzene rings is 2. The summed E-state index contributed by atoms with van der Waals surface area (Å²) in [6.45, 7) is -0.106. The number of aliphatic imine (C=N–C) groups is 1. The zero-order chi connectivity index (χ0) is 25.2. The van der Waals surface area contributed by atoms with Crippen LogP contribution in [0.3, 0.4) is 0 Å². The number of hydrogen-bond donors (Lipinski definition) is 3. The Morgan fingerprint density at radius 2 is 1.97 bits per heavy atom. The molecule has 1 aliphatic rings. The summed E-state index contributed by atoms with van der Waals surface area (Å²) in [7, 11) is 0. The molecule has 0 atom stereocenters. The fourth-order valence-electron chi connectivity index (χ4n) is 3.71. The van der Waals surface area contributed by atoms with Gasteiger partial charge in [-0.3, -0.25) is 14.7 Å². The number of ether oxygens (including phenoxy) is 1. The number of nitrogens with two attached hydrogens (primary N) is 1. The Morgan fingerprint density at radius 1 is 1.19 bits per heavy atom. The number of nitrogens with zero attached hydrogens (tertiary/aromatic N) is 4. The predicted molar refractivity (Wildman–Crippen MR) is 136 cm³/mol. The molecule has 1 fully saturated rings. The lowest BCUT2D eigenvalue weighted by Gasteiger charge is -2.11. The zero-order valence-electron chi connectivity index (χ0n) is 19.1. The van der Waals surface area contributed by atoms with Gasteiger partial charge >= 0.3 is 0 Å². The topological polar surface area (TPSA) is 152 Å². The fourth-order valence-corrected chi connectivity index (χ4v) is 3.95. The third kappa shape index (κ3) is 5.03. The molecule has 4 N–H and O–H groups in total. The molecular formula is C25H22ClN7O3. The predicted octanol–water partition coefficient (Wildman–Crippen LogP) is 3.63. The highest BCUT2D eigenvalue weighted by atomic mass is 35.5. The first-order chi connectivity index (χ1) is 17.4. The van der Waals surface area contributed by atoms with Crippen LogP contribution in [0.1, 0.15) is 35.3 Å². The first-order valence-electron chi connectivity index (χ1n) is 11.3. The van der Waals surface area contributed by atoms with Crippen molar-refractivity contribution in [2.45, 2.75) is 25.9 Å². The van der Waals surface area contributed by atoms with Crippen LogP contribution in [-0.4, -0.2) is 37.0 Å². The molecule has 0 aliphatic heterocycles.